The van der Waals surface area contributed by atoms with Gasteiger partial charge >= 0.3 is 0 Å². The number of amides is 1. The van der Waals surface area contributed by atoms with E-state index in [1.807, 2.05) is 13.8 Å². The first-order chi connectivity index (χ1) is 7.60. The molecule has 0 heterocycles. The average molecular weight is 219 g/mol. The lowest BCUT2D eigenvalue weighted by atomic mass is 9.92. The number of hydrogen-bond donors (Lipinski definition) is 1. The molecule has 1 aromatic rings. The molecule has 1 aromatic carbocycles. The number of nitrogens with two attached hydrogens (primary N) is 1. The van der Waals surface area contributed by atoms with E-state index in [4.69, 9.17) is 5.73 Å². The molecule has 86 valence electrons. The smallest absolute Gasteiger partial charge is 0.248 e. The number of carbonyl (C=O) groups excluding carboxylic acids is 2. The first-order valence-electron chi connectivity index (χ1n) is 5.54. The number of carbonyl (C=O) groups is 2. The fraction of sp³-hybridized carbons (Fsp3) is 0.385. The van der Waals surface area contributed by atoms with Crippen molar-refractivity contribution in [2.75, 3.05) is 0 Å². The maximum atomic E-state index is 12.0. The fourth-order valence-electron chi connectivity index (χ4n) is 1.72. The predicted octanol–water partition coefficient (Wildman–Crippen LogP) is 2.40. The van der Waals surface area contributed by atoms with Gasteiger partial charge in [0.25, 0.3) is 0 Å². The zero-order valence-electron chi connectivity index (χ0n) is 9.69. The molecule has 1 amide bonds. The summed E-state index contributed by atoms with van der Waals surface area (Å²) >= 11 is 0. The van der Waals surface area contributed by atoms with Crippen molar-refractivity contribution < 1.29 is 9.59 Å². The maximum Gasteiger partial charge on any atom is 0.248 e. The van der Waals surface area contributed by atoms with E-state index in [0.717, 1.165) is 12.8 Å². The number of hydrogen-bond acceptors (Lipinski definition) is 2. The van der Waals surface area contributed by atoms with Gasteiger partial charge in [-0.05, 0) is 25.0 Å². The van der Waals surface area contributed by atoms with Crippen LogP contribution in [0.25, 0.3) is 0 Å². The Kier molecular flexibility index (Phi) is 4.23. The summed E-state index contributed by atoms with van der Waals surface area (Å²) in [7, 11) is 0. The lowest BCUT2D eigenvalue weighted by Crippen LogP contribution is -2.15. The van der Waals surface area contributed by atoms with E-state index in [1.54, 1.807) is 24.3 Å². The molecule has 0 aliphatic carbocycles. The molecule has 0 saturated heterocycles. The second kappa shape index (κ2) is 5.45. The highest BCUT2D eigenvalue weighted by atomic mass is 16.1. The Morgan fingerprint density at radius 3 is 2.25 bits per heavy atom. The molecule has 0 aliphatic heterocycles. The zero-order chi connectivity index (χ0) is 12.1. The highest BCUT2D eigenvalue weighted by Gasteiger charge is 2.16. The van der Waals surface area contributed by atoms with Crippen molar-refractivity contribution in [3.8, 4) is 0 Å². The van der Waals surface area contributed by atoms with Crippen molar-refractivity contribution in [1.29, 1.82) is 0 Å². The van der Waals surface area contributed by atoms with Crippen LogP contribution in [0.1, 0.15) is 47.4 Å². The first-order valence-corrected chi connectivity index (χ1v) is 5.54. The molecule has 1 rings (SSSR count). The summed E-state index contributed by atoms with van der Waals surface area (Å²) in [6.45, 7) is 3.98. The lowest BCUT2D eigenvalue weighted by Gasteiger charge is -2.11. The molecule has 0 fully saturated rings. The van der Waals surface area contributed by atoms with Crippen LogP contribution in [0.4, 0.5) is 0 Å². The fourth-order valence-corrected chi connectivity index (χ4v) is 1.72. The molecule has 3 nitrogen and oxygen atoms in total. The SMILES string of the molecule is CCC(CC)C(=O)c1cccc(C(N)=O)c1. The molecular weight excluding hydrogens is 202 g/mol. The number of benzene rings is 1. The second-order valence-corrected chi connectivity index (χ2v) is 3.82. The molecule has 0 spiro atoms. The van der Waals surface area contributed by atoms with E-state index in [-0.39, 0.29) is 11.7 Å². The van der Waals surface area contributed by atoms with Gasteiger partial charge in [-0.1, -0.05) is 26.0 Å². The average Bonchev–Trinajstić information content (AvgIpc) is 2.30. The van der Waals surface area contributed by atoms with Gasteiger partial charge in [0.15, 0.2) is 5.78 Å². The second-order valence-electron chi connectivity index (χ2n) is 3.82. The van der Waals surface area contributed by atoms with E-state index >= 15 is 0 Å². The minimum absolute atomic E-state index is 0.0307. The van der Waals surface area contributed by atoms with Crippen molar-refractivity contribution in [3.63, 3.8) is 0 Å². The van der Waals surface area contributed by atoms with Crippen LogP contribution < -0.4 is 5.73 Å². The Morgan fingerprint density at radius 1 is 1.19 bits per heavy atom. The van der Waals surface area contributed by atoms with Crippen LogP contribution in [0.5, 0.6) is 0 Å². The van der Waals surface area contributed by atoms with Gasteiger partial charge in [0.1, 0.15) is 0 Å². The van der Waals surface area contributed by atoms with Gasteiger partial charge in [-0.2, -0.15) is 0 Å². The van der Waals surface area contributed by atoms with Crippen LogP contribution >= 0.6 is 0 Å². The van der Waals surface area contributed by atoms with Crippen molar-refractivity contribution in [3.05, 3.63) is 35.4 Å². The van der Waals surface area contributed by atoms with E-state index in [2.05, 4.69) is 0 Å². The molecule has 2 N–H and O–H groups in total. The first kappa shape index (κ1) is 12.4. The molecule has 0 aromatic heterocycles. The third kappa shape index (κ3) is 2.69. The number of rotatable bonds is 5. The quantitative estimate of drug-likeness (QED) is 0.773. The van der Waals surface area contributed by atoms with E-state index < -0.39 is 5.91 Å². The van der Waals surface area contributed by atoms with Gasteiger partial charge in [0.2, 0.25) is 5.91 Å². The summed E-state index contributed by atoms with van der Waals surface area (Å²) in [5.41, 5.74) is 6.13. The third-order valence-electron chi connectivity index (χ3n) is 2.79. The predicted molar refractivity (Wildman–Crippen MR) is 63.4 cm³/mol. The Bertz CT molecular complexity index is 395. The van der Waals surface area contributed by atoms with E-state index in [0.29, 0.717) is 11.1 Å². The van der Waals surface area contributed by atoms with Gasteiger partial charge in [-0.25, -0.2) is 0 Å². The summed E-state index contributed by atoms with van der Waals surface area (Å²) in [5, 5.41) is 0. The van der Waals surface area contributed by atoms with Crippen LogP contribution in [-0.2, 0) is 0 Å². The Balaban J connectivity index is 3.00. The number of Topliss-reactive ketones (excluding diaryl/α,β-unsaturated/α-hetero) is 1. The molecule has 0 unspecified atom stereocenters. The Hall–Kier alpha value is -1.64. The summed E-state index contributed by atoms with van der Waals surface area (Å²) in [5.74, 6) is -0.379. The summed E-state index contributed by atoms with van der Waals surface area (Å²) in [6.07, 6.45) is 1.63. The number of primary amides is 1. The summed E-state index contributed by atoms with van der Waals surface area (Å²) in [6, 6.07) is 6.61. The Morgan fingerprint density at radius 2 is 1.75 bits per heavy atom. The minimum atomic E-state index is -0.501. The number of ketones is 1. The van der Waals surface area contributed by atoms with Gasteiger partial charge in [-0.15, -0.1) is 0 Å². The highest BCUT2D eigenvalue weighted by Crippen LogP contribution is 2.16. The van der Waals surface area contributed by atoms with Crippen LogP contribution in [0.2, 0.25) is 0 Å². The molecule has 16 heavy (non-hydrogen) atoms. The summed E-state index contributed by atoms with van der Waals surface area (Å²) in [4.78, 5) is 23.0. The molecule has 0 aliphatic rings. The molecule has 0 saturated carbocycles. The molecule has 3 heteroatoms. The maximum absolute atomic E-state index is 12.0. The largest absolute Gasteiger partial charge is 0.366 e. The minimum Gasteiger partial charge on any atom is -0.366 e. The van der Waals surface area contributed by atoms with Gasteiger partial charge in [-0.3, -0.25) is 9.59 Å². The van der Waals surface area contributed by atoms with Gasteiger partial charge in [0.05, 0.1) is 0 Å². The van der Waals surface area contributed by atoms with Crippen LogP contribution in [0, 0.1) is 5.92 Å². The summed E-state index contributed by atoms with van der Waals surface area (Å²) < 4.78 is 0. The van der Waals surface area contributed by atoms with Crippen LogP contribution in [0.15, 0.2) is 24.3 Å². The van der Waals surface area contributed by atoms with Gasteiger partial charge < -0.3 is 5.73 Å². The monoisotopic (exact) mass is 219 g/mol. The highest BCUT2D eigenvalue weighted by molar-refractivity contribution is 6.01. The zero-order valence-corrected chi connectivity index (χ0v) is 9.69. The standard InChI is InChI=1S/C13H17NO2/c1-3-9(4-2)12(15)10-6-5-7-11(8-10)13(14)16/h5-9H,3-4H2,1-2H3,(H2,14,16). The topological polar surface area (TPSA) is 60.2 Å². The molecule has 0 bridgehead atoms. The lowest BCUT2D eigenvalue weighted by molar-refractivity contribution is 0.0913. The third-order valence-corrected chi connectivity index (χ3v) is 2.79. The molecule has 0 radical (unpaired) electrons. The van der Waals surface area contributed by atoms with Crippen molar-refractivity contribution in [2.24, 2.45) is 11.7 Å². The van der Waals surface area contributed by atoms with Crippen molar-refractivity contribution in [2.45, 2.75) is 26.7 Å². The van der Waals surface area contributed by atoms with Gasteiger partial charge in [0, 0.05) is 17.0 Å². The van der Waals surface area contributed by atoms with Crippen LogP contribution in [0.3, 0.4) is 0 Å². The Labute approximate surface area is 95.6 Å². The van der Waals surface area contributed by atoms with Crippen LogP contribution in [-0.4, -0.2) is 11.7 Å². The van der Waals surface area contributed by atoms with E-state index in [1.165, 1.54) is 0 Å². The van der Waals surface area contributed by atoms with Crippen molar-refractivity contribution >= 4 is 11.7 Å². The molecule has 0 atom stereocenters. The van der Waals surface area contributed by atoms with Crippen molar-refractivity contribution in [1.82, 2.24) is 0 Å². The normalized spacial score (nSPS) is 10.4. The van der Waals surface area contributed by atoms with E-state index in [9.17, 15) is 9.59 Å². The molecular formula is C13H17NO2.